The second-order valence-corrected chi connectivity index (χ2v) is 6.17. The molecule has 0 saturated heterocycles. The van der Waals surface area contributed by atoms with Crippen molar-refractivity contribution in [3.05, 3.63) is 28.8 Å². The molecule has 1 saturated carbocycles. The number of carbonyl (C=O) groups excluding carboxylic acids is 1. The average molecular weight is 287 g/mol. The summed E-state index contributed by atoms with van der Waals surface area (Å²) in [5.41, 5.74) is 3.12. The molecule has 0 spiro atoms. The molecule has 114 valence electrons. The summed E-state index contributed by atoms with van der Waals surface area (Å²) in [6.45, 7) is 6.48. The summed E-state index contributed by atoms with van der Waals surface area (Å²) in [5.74, 6) is 1.30. The molecule has 0 bridgehead atoms. The van der Waals surface area contributed by atoms with Gasteiger partial charge in [0.2, 0.25) is 6.08 Å². The van der Waals surface area contributed by atoms with Crippen molar-refractivity contribution in [3.63, 3.8) is 0 Å². The van der Waals surface area contributed by atoms with Gasteiger partial charge in [0, 0.05) is 5.56 Å². The quantitative estimate of drug-likeness (QED) is 0.591. The van der Waals surface area contributed by atoms with Gasteiger partial charge in [-0.3, -0.25) is 0 Å². The fourth-order valence-electron chi connectivity index (χ4n) is 3.58. The van der Waals surface area contributed by atoms with Crippen LogP contribution in [0.3, 0.4) is 0 Å². The number of methoxy groups -OCH3 is 1. The lowest BCUT2D eigenvalue weighted by Gasteiger charge is -2.30. The predicted octanol–water partition coefficient (Wildman–Crippen LogP) is 4.49. The molecule has 0 aliphatic heterocycles. The van der Waals surface area contributed by atoms with Crippen LogP contribution in [0.2, 0.25) is 0 Å². The highest BCUT2D eigenvalue weighted by atomic mass is 16.5. The first-order valence-corrected chi connectivity index (χ1v) is 7.89. The Balaban J connectivity index is 2.76. The van der Waals surface area contributed by atoms with E-state index in [2.05, 4.69) is 37.9 Å². The molecule has 0 unspecified atom stereocenters. The van der Waals surface area contributed by atoms with Gasteiger partial charge in [-0.2, -0.15) is 4.99 Å². The Labute approximate surface area is 127 Å². The number of rotatable bonds is 5. The van der Waals surface area contributed by atoms with Crippen molar-refractivity contribution < 1.29 is 9.53 Å². The molecule has 1 aromatic carbocycles. The number of benzene rings is 1. The van der Waals surface area contributed by atoms with E-state index in [-0.39, 0.29) is 0 Å². The summed E-state index contributed by atoms with van der Waals surface area (Å²) in [5, 5.41) is 0. The van der Waals surface area contributed by atoms with Crippen LogP contribution in [-0.4, -0.2) is 13.2 Å². The van der Waals surface area contributed by atoms with Gasteiger partial charge >= 0.3 is 0 Å². The Morgan fingerprint density at radius 1 is 1.33 bits per heavy atom. The maximum absolute atomic E-state index is 11.0. The van der Waals surface area contributed by atoms with E-state index in [1.54, 1.807) is 7.11 Å². The minimum Gasteiger partial charge on any atom is -0.496 e. The van der Waals surface area contributed by atoms with Crippen LogP contribution in [0.5, 0.6) is 5.75 Å². The van der Waals surface area contributed by atoms with Crippen molar-refractivity contribution >= 4 is 6.08 Å². The number of aliphatic imine (C=N–C) groups is 1. The highest BCUT2D eigenvalue weighted by molar-refractivity contribution is 5.54. The molecule has 1 fully saturated rings. The number of aryl methyl sites for hydroxylation is 1. The smallest absolute Gasteiger partial charge is 0.235 e. The molecule has 3 nitrogen and oxygen atoms in total. The van der Waals surface area contributed by atoms with Crippen LogP contribution in [0, 0.1) is 0 Å². The summed E-state index contributed by atoms with van der Waals surface area (Å²) in [7, 11) is 1.72. The normalized spacial score (nSPS) is 16.8. The van der Waals surface area contributed by atoms with Gasteiger partial charge in [0.05, 0.1) is 7.11 Å². The van der Waals surface area contributed by atoms with Crippen molar-refractivity contribution in [3.8, 4) is 5.75 Å². The van der Waals surface area contributed by atoms with Crippen LogP contribution in [0.1, 0.15) is 69.1 Å². The molecule has 21 heavy (non-hydrogen) atoms. The third-order valence-corrected chi connectivity index (χ3v) is 4.63. The van der Waals surface area contributed by atoms with Gasteiger partial charge < -0.3 is 4.74 Å². The van der Waals surface area contributed by atoms with Gasteiger partial charge in [-0.25, -0.2) is 4.79 Å². The minimum absolute atomic E-state index is 0.374. The maximum Gasteiger partial charge on any atom is 0.235 e. The Hall–Kier alpha value is -1.60. The second-order valence-electron chi connectivity index (χ2n) is 6.17. The van der Waals surface area contributed by atoms with Crippen molar-refractivity contribution in [1.29, 1.82) is 0 Å². The van der Waals surface area contributed by atoms with Crippen molar-refractivity contribution in [2.75, 3.05) is 7.11 Å². The van der Waals surface area contributed by atoms with Crippen molar-refractivity contribution in [2.24, 2.45) is 4.99 Å². The van der Waals surface area contributed by atoms with E-state index in [9.17, 15) is 4.79 Å². The number of hydrogen-bond acceptors (Lipinski definition) is 3. The Morgan fingerprint density at radius 3 is 2.48 bits per heavy atom. The first-order valence-electron chi connectivity index (χ1n) is 7.89. The van der Waals surface area contributed by atoms with E-state index in [1.165, 1.54) is 11.1 Å². The largest absolute Gasteiger partial charge is 0.496 e. The molecule has 0 radical (unpaired) electrons. The number of nitrogens with zero attached hydrogens (tertiary/aromatic N) is 1. The molecule has 0 N–H and O–H groups in total. The molecule has 0 heterocycles. The topological polar surface area (TPSA) is 38.7 Å². The fourth-order valence-corrected chi connectivity index (χ4v) is 3.58. The first kappa shape index (κ1) is 15.8. The van der Waals surface area contributed by atoms with Gasteiger partial charge in [0.15, 0.2) is 0 Å². The maximum atomic E-state index is 11.0. The zero-order valence-corrected chi connectivity index (χ0v) is 13.5. The second kappa shape index (κ2) is 6.44. The van der Waals surface area contributed by atoms with E-state index < -0.39 is 5.54 Å². The minimum atomic E-state index is -0.433. The monoisotopic (exact) mass is 287 g/mol. The third-order valence-electron chi connectivity index (χ3n) is 4.63. The van der Waals surface area contributed by atoms with Crippen LogP contribution < -0.4 is 4.74 Å². The lowest BCUT2D eigenvalue weighted by atomic mass is 9.80. The average Bonchev–Trinajstić information content (AvgIpc) is 2.95. The lowest BCUT2D eigenvalue weighted by molar-refractivity contribution is 0.372. The van der Waals surface area contributed by atoms with Gasteiger partial charge in [-0.15, -0.1) is 0 Å². The molecular weight excluding hydrogens is 262 g/mol. The molecule has 2 rings (SSSR count). The van der Waals surface area contributed by atoms with Crippen LogP contribution in [0.4, 0.5) is 0 Å². The lowest BCUT2D eigenvalue weighted by Crippen LogP contribution is -2.23. The molecule has 0 aromatic heterocycles. The molecular formula is C18H25NO2. The third kappa shape index (κ3) is 2.75. The fraction of sp³-hybridized carbons (Fsp3) is 0.611. The van der Waals surface area contributed by atoms with Crippen LogP contribution in [0.25, 0.3) is 0 Å². The van der Waals surface area contributed by atoms with E-state index in [4.69, 9.17) is 4.74 Å². The van der Waals surface area contributed by atoms with E-state index in [1.807, 2.05) is 6.08 Å². The highest BCUT2D eigenvalue weighted by Crippen LogP contribution is 2.49. The van der Waals surface area contributed by atoms with Gasteiger partial charge in [-0.05, 0) is 36.3 Å². The molecule has 1 aliphatic rings. The molecule has 3 heteroatoms. The SMILES string of the molecule is CCc1ccc(C(C)C)c(C2(N=C=O)CCCC2)c1OC. The summed E-state index contributed by atoms with van der Waals surface area (Å²) in [4.78, 5) is 15.3. The van der Waals surface area contributed by atoms with E-state index >= 15 is 0 Å². The number of isocyanates is 1. The van der Waals surface area contributed by atoms with Crippen LogP contribution >= 0.6 is 0 Å². The predicted molar refractivity (Wildman–Crippen MR) is 84.7 cm³/mol. The van der Waals surface area contributed by atoms with E-state index in [0.29, 0.717) is 5.92 Å². The highest BCUT2D eigenvalue weighted by Gasteiger charge is 2.40. The van der Waals surface area contributed by atoms with E-state index in [0.717, 1.165) is 43.4 Å². The Kier molecular flexibility index (Phi) is 4.84. The van der Waals surface area contributed by atoms with Gasteiger partial charge in [0.1, 0.15) is 11.3 Å². The summed E-state index contributed by atoms with van der Waals surface area (Å²) in [6, 6.07) is 4.33. The zero-order valence-electron chi connectivity index (χ0n) is 13.5. The van der Waals surface area contributed by atoms with Gasteiger partial charge in [0.25, 0.3) is 0 Å². The van der Waals surface area contributed by atoms with Crippen LogP contribution in [0.15, 0.2) is 17.1 Å². The standard InChI is InChI=1S/C18H25NO2/c1-5-14-8-9-15(13(2)3)16(17(14)21-4)18(19-12-20)10-6-7-11-18/h8-9,13H,5-7,10-11H2,1-4H3. The number of ether oxygens (including phenoxy) is 1. The Bertz CT molecular complexity index is 551. The zero-order chi connectivity index (χ0) is 15.5. The van der Waals surface area contributed by atoms with Crippen LogP contribution in [-0.2, 0) is 16.8 Å². The van der Waals surface area contributed by atoms with Crippen molar-refractivity contribution in [1.82, 2.24) is 0 Å². The molecule has 0 amide bonds. The molecule has 1 aromatic rings. The first-order chi connectivity index (χ1) is 10.1. The molecule has 0 atom stereocenters. The summed E-state index contributed by atoms with van der Waals surface area (Å²) >= 11 is 0. The Morgan fingerprint density at radius 2 is 2.00 bits per heavy atom. The molecule has 1 aliphatic carbocycles. The number of hydrogen-bond donors (Lipinski definition) is 0. The van der Waals surface area contributed by atoms with Gasteiger partial charge in [-0.1, -0.05) is 45.7 Å². The van der Waals surface area contributed by atoms with Crippen molar-refractivity contribution in [2.45, 2.75) is 64.3 Å². The summed E-state index contributed by atoms with van der Waals surface area (Å²) < 4.78 is 5.75. The summed E-state index contributed by atoms with van der Waals surface area (Å²) in [6.07, 6.45) is 6.75.